The second-order valence-electron chi connectivity index (χ2n) is 9.51. The van der Waals surface area contributed by atoms with Crippen LogP contribution < -0.4 is 20.4 Å². The number of amides is 1. The molecule has 172 valence electrons. The predicted octanol–water partition coefficient (Wildman–Crippen LogP) is 3.64. The molecule has 32 heavy (non-hydrogen) atoms. The van der Waals surface area contributed by atoms with E-state index in [0.29, 0.717) is 6.04 Å². The minimum absolute atomic E-state index is 0.0127. The van der Waals surface area contributed by atoms with Crippen LogP contribution in [0.2, 0.25) is 0 Å². The molecule has 0 aliphatic heterocycles. The highest BCUT2D eigenvalue weighted by Gasteiger charge is 2.25. The summed E-state index contributed by atoms with van der Waals surface area (Å²) in [5.74, 6) is 1.82. The number of nitrogens with one attached hydrogen (secondary N) is 2. The topological polar surface area (TPSA) is 73.4 Å². The van der Waals surface area contributed by atoms with Gasteiger partial charge >= 0.3 is 0 Å². The number of benzene rings is 1. The number of rotatable bonds is 6. The minimum Gasteiger partial charge on any atom is -0.378 e. The van der Waals surface area contributed by atoms with Crippen molar-refractivity contribution in [2.75, 3.05) is 43.3 Å². The summed E-state index contributed by atoms with van der Waals surface area (Å²) in [5.41, 5.74) is 4.28. The van der Waals surface area contributed by atoms with Crippen LogP contribution in [0, 0.1) is 0 Å². The Balaban J connectivity index is 1.34. The number of nitrogens with zero attached hydrogens (tertiary/aromatic N) is 4. The number of aryl methyl sites for hydroxylation is 1. The molecule has 2 aliphatic carbocycles. The number of carbonyl (C=O) groups is 1. The molecule has 7 heteroatoms. The molecule has 2 aliphatic rings. The van der Waals surface area contributed by atoms with Gasteiger partial charge in [-0.25, -0.2) is 4.98 Å². The van der Waals surface area contributed by atoms with E-state index in [1.165, 1.54) is 24.1 Å². The van der Waals surface area contributed by atoms with Gasteiger partial charge in [-0.1, -0.05) is 6.07 Å². The highest BCUT2D eigenvalue weighted by atomic mass is 16.1. The van der Waals surface area contributed by atoms with Crippen LogP contribution in [0.25, 0.3) is 0 Å². The molecule has 2 aromatic rings. The molecule has 1 heterocycles. The van der Waals surface area contributed by atoms with E-state index in [1.807, 2.05) is 43.3 Å². The molecular formula is C25H36N6O. The first-order valence-corrected chi connectivity index (χ1v) is 11.8. The normalized spacial score (nSPS) is 20.2. The maximum Gasteiger partial charge on any atom is 0.251 e. The summed E-state index contributed by atoms with van der Waals surface area (Å²) >= 11 is 0. The maximum atomic E-state index is 12.7. The Hall–Kier alpha value is -2.83. The van der Waals surface area contributed by atoms with Crippen molar-refractivity contribution < 1.29 is 4.79 Å². The van der Waals surface area contributed by atoms with E-state index in [-0.39, 0.29) is 11.9 Å². The largest absolute Gasteiger partial charge is 0.378 e. The highest BCUT2D eigenvalue weighted by molar-refractivity contribution is 5.95. The highest BCUT2D eigenvalue weighted by Crippen LogP contribution is 2.29. The molecule has 2 N–H and O–H groups in total. The number of anilines is 3. The van der Waals surface area contributed by atoms with Gasteiger partial charge in [0.25, 0.3) is 5.91 Å². The summed E-state index contributed by atoms with van der Waals surface area (Å²) in [6.07, 6.45) is 8.47. The van der Waals surface area contributed by atoms with Gasteiger partial charge in [0.15, 0.2) is 0 Å². The van der Waals surface area contributed by atoms with Crippen molar-refractivity contribution in [2.24, 2.45) is 0 Å². The Morgan fingerprint density at radius 1 is 0.938 bits per heavy atom. The fraction of sp³-hybridized carbons (Fsp3) is 0.560. The lowest BCUT2D eigenvalue weighted by molar-refractivity contribution is 0.0926. The number of hydrogen-bond acceptors (Lipinski definition) is 6. The molecule has 1 amide bonds. The molecule has 0 spiro atoms. The van der Waals surface area contributed by atoms with E-state index in [4.69, 9.17) is 9.97 Å². The Labute approximate surface area is 191 Å². The van der Waals surface area contributed by atoms with Crippen LogP contribution in [-0.4, -0.2) is 56.1 Å². The lowest BCUT2D eigenvalue weighted by Crippen LogP contribution is -2.40. The second kappa shape index (κ2) is 9.76. The number of hydrogen-bond donors (Lipinski definition) is 2. The Morgan fingerprint density at radius 2 is 1.66 bits per heavy atom. The maximum absolute atomic E-state index is 12.7. The van der Waals surface area contributed by atoms with Gasteiger partial charge in [0, 0.05) is 57.1 Å². The quantitative estimate of drug-likeness (QED) is 0.720. The van der Waals surface area contributed by atoms with Crippen molar-refractivity contribution in [3.05, 3.63) is 41.1 Å². The molecule has 1 aromatic heterocycles. The number of fused-ring (bicyclic) bond motifs is 1. The molecule has 0 atom stereocenters. The van der Waals surface area contributed by atoms with Crippen LogP contribution in [0.3, 0.4) is 0 Å². The molecule has 0 radical (unpaired) electrons. The summed E-state index contributed by atoms with van der Waals surface area (Å²) < 4.78 is 0. The van der Waals surface area contributed by atoms with Crippen molar-refractivity contribution in [3.8, 4) is 0 Å². The van der Waals surface area contributed by atoms with Gasteiger partial charge in [0.2, 0.25) is 5.95 Å². The fourth-order valence-corrected chi connectivity index (χ4v) is 4.77. The van der Waals surface area contributed by atoms with Crippen molar-refractivity contribution in [2.45, 2.75) is 63.5 Å². The monoisotopic (exact) mass is 436 g/mol. The lowest BCUT2D eigenvalue weighted by atomic mass is 9.91. The number of aromatic nitrogens is 2. The molecule has 1 aromatic carbocycles. The van der Waals surface area contributed by atoms with Crippen LogP contribution in [0.1, 0.15) is 60.1 Å². The van der Waals surface area contributed by atoms with Crippen molar-refractivity contribution in [1.29, 1.82) is 0 Å². The zero-order chi connectivity index (χ0) is 22.7. The summed E-state index contributed by atoms with van der Waals surface area (Å²) in [5, 5.41) is 6.81. The zero-order valence-electron chi connectivity index (χ0n) is 19.8. The molecule has 4 rings (SSSR count). The Morgan fingerprint density at radius 3 is 2.38 bits per heavy atom. The van der Waals surface area contributed by atoms with Gasteiger partial charge in [-0.2, -0.15) is 4.98 Å². The van der Waals surface area contributed by atoms with Crippen LogP contribution >= 0.6 is 0 Å². The lowest BCUT2D eigenvalue weighted by Gasteiger charge is -2.30. The third-order valence-electron chi connectivity index (χ3n) is 6.61. The van der Waals surface area contributed by atoms with Gasteiger partial charge in [-0.15, -0.1) is 0 Å². The first-order chi connectivity index (χ1) is 15.4. The average Bonchev–Trinajstić information content (AvgIpc) is 2.79. The van der Waals surface area contributed by atoms with Crippen molar-refractivity contribution >= 4 is 23.4 Å². The average molecular weight is 437 g/mol. The Kier molecular flexibility index (Phi) is 6.82. The third-order valence-corrected chi connectivity index (χ3v) is 6.61. The van der Waals surface area contributed by atoms with Crippen molar-refractivity contribution in [1.82, 2.24) is 15.3 Å². The Bertz CT molecular complexity index is 949. The van der Waals surface area contributed by atoms with E-state index in [2.05, 4.69) is 29.6 Å². The second-order valence-corrected chi connectivity index (χ2v) is 9.51. The summed E-state index contributed by atoms with van der Waals surface area (Å²) in [6.45, 7) is 0. The standard InChI is InChI=1S/C25H36N6O/c1-30(2)20-9-7-8-17(16-20)24(32)26-18-12-14-19(15-13-18)27-25-28-22-11-6-5-10-21(22)23(29-25)31(3)4/h7-9,16,18-19H,5-6,10-15H2,1-4H3,(H,26,32)(H,27,28,29)/t18-,19+. The van der Waals surface area contributed by atoms with Crippen molar-refractivity contribution in [3.63, 3.8) is 0 Å². The predicted molar refractivity (Wildman–Crippen MR) is 131 cm³/mol. The van der Waals surface area contributed by atoms with Gasteiger partial charge in [0.1, 0.15) is 5.82 Å². The van der Waals surface area contributed by atoms with E-state index in [0.717, 1.165) is 61.5 Å². The molecular weight excluding hydrogens is 400 g/mol. The van der Waals surface area contributed by atoms with Crippen LogP contribution in [0.15, 0.2) is 24.3 Å². The molecule has 0 bridgehead atoms. The van der Waals surface area contributed by atoms with Crippen LogP contribution in [0.5, 0.6) is 0 Å². The first-order valence-electron chi connectivity index (χ1n) is 11.8. The summed E-state index contributed by atoms with van der Waals surface area (Å²) in [6, 6.07) is 8.33. The number of carbonyl (C=O) groups excluding carboxylic acids is 1. The van der Waals surface area contributed by atoms with Crippen LogP contribution in [0.4, 0.5) is 17.5 Å². The van der Waals surface area contributed by atoms with E-state index in [1.54, 1.807) is 0 Å². The molecule has 0 unspecified atom stereocenters. The van der Waals surface area contributed by atoms with E-state index >= 15 is 0 Å². The van der Waals surface area contributed by atoms with E-state index in [9.17, 15) is 4.79 Å². The van der Waals surface area contributed by atoms with Gasteiger partial charge in [-0.05, 0) is 69.6 Å². The van der Waals surface area contributed by atoms with E-state index < -0.39 is 0 Å². The molecule has 1 saturated carbocycles. The van der Waals surface area contributed by atoms with Gasteiger partial charge in [-0.3, -0.25) is 4.79 Å². The van der Waals surface area contributed by atoms with Gasteiger partial charge in [0.05, 0.1) is 5.69 Å². The molecule has 7 nitrogen and oxygen atoms in total. The smallest absolute Gasteiger partial charge is 0.251 e. The third kappa shape index (κ3) is 5.14. The first kappa shape index (κ1) is 22.4. The van der Waals surface area contributed by atoms with Gasteiger partial charge < -0.3 is 20.4 Å². The minimum atomic E-state index is 0.0127. The summed E-state index contributed by atoms with van der Waals surface area (Å²) in [7, 11) is 8.09. The SMILES string of the molecule is CN(C)c1cccc(C(=O)N[C@H]2CC[C@@H](Nc3nc4c(c(N(C)C)n3)CCCC4)CC2)c1. The van der Waals surface area contributed by atoms with Crippen LogP contribution in [-0.2, 0) is 12.8 Å². The summed E-state index contributed by atoms with van der Waals surface area (Å²) in [4.78, 5) is 26.5. The molecule has 1 fully saturated rings. The fourth-order valence-electron chi connectivity index (χ4n) is 4.77. The zero-order valence-corrected chi connectivity index (χ0v) is 19.8. The molecule has 0 saturated heterocycles.